The number of nitrogens with zero attached hydrogens (tertiary/aromatic N) is 2. The number of ether oxygens (including phenoxy) is 1. The molecule has 31 heavy (non-hydrogen) atoms. The zero-order valence-corrected chi connectivity index (χ0v) is 19.1. The molecule has 1 N–H and O–H groups in total. The molecule has 162 valence electrons. The molecule has 2 heterocycles. The summed E-state index contributed by atoms with van der Waals surface area (Å²) in [6.45, 7) is 0.0617. The Labute approximate surface area is 192 Å². The number of methoxy groups -OCH3 is 1. The van der Waals surface area contributed by atoms with Crippen LogP contribution in [0.15, 0.2) is 47.2 Å². The van der Waals surface area contributed by atoms with Crippen molar-refractivity contribution < 1.29 is 19.1 Å². The molecule has 0 saturated carbocycles. The van der Waals surface area contributed by atoms with E-state index in [1.54, 1.807) is 29.6 Å². The number of halogens is 1. The summed E-state index contributed by atoms with van der Waals surface area (Å²) in [5.74, 6) is -0.950. The molecule has 0 atom stereocenters. The first-order chi connectivity index (χ1) is 14.9. The highest BCUT2D eigenvalue weighted by Crippen LogP contribution is 2.18. The Bertz CT molecular complexity index is 1040. The van der Waals surface area contributed by atoms with E-state index in [0.717, 1.165) is 10.4 Å². The molecule has 0 aliphatic heterocycles. The van der Waals surface area contributed by atoms with Gasteiger partial charge in [0.25, 0.3) is 0 Å². The zero-order chi connectivity index (χ0) is 22.2. The van der Waals surface area contributed by atoms with Crippen LogP contribution in [0.1, 0.15) is 16.1 Å². The fraction of sp³-hybridized carbons (Fsp3) is 0.238. The summed E-state index contributed by atoms with van der Waals surface area (Å²) in [5, 5.41) is 7.41. The maximum atomic E-state index is 12.8. The van der Waals surface area contributed by atoms with Gasteiger partial charge in [0, 0.05) is 21.8 Å². The van der Waals surface area contributed by atoms with E-state index in [1.165, 1.54) is 34.7 Å². The second kappa shape index (κ2) is 11.0. The summed E-state index contributed by atoms with van der Waals surface area (Å²) in [4.78, 5) is 43.5. The lowest BCUT2D eigenvalue weighted by molar-refractivity contribution is -0.147. The van der Waals surface area contributed by atoms with Crippen LogP contribution in [0.3, 0.4) is 0 Å². The van der Waals surface area contributed by atoms with Crippen molar-refractivity contribution in [3.8, 4) is 0 Å². The highest BCUT2D eigenvalue weighted by Gasteiger charge is 2.20. The minimum absolute atomic E-state index is 0.00186. The molecule has 0 aliphatic rings. The normalized spacial score (nSPS) is 10.5. The first kappa shape index (κ1) is 22.9. The minimum atomic E-state index is -0.512. The molecular weight excluding hydrogens is 458 g/mol. The summed E-state index contributed by atoms with van der Waals surface area (Å²) in [6.07, 6.45) is 0.279. The van der Waals surface area contributed by atoms with Crippen LogP contribution in [-0.2, 0) is 38.5 Å². The monoisotopic (exact) mass is 477 g/mol. The number of carbonyl (C=O) groups is 3. The lowest BCUT2D eigenvalue weighted by Crippen LogP contribution is -2.36. The summed E-state index contributed by atoms with van der Waals surface area (Å²) in [6, 6.07) is 10.8. The van der Waals surface area contributed by atoms with Crippen LogP contribution in [0.25, 0.3) is 0 Å². The summed E-state index contributed by atoms with van der Waals surface area (Å²) < 4.78 is 4.71. The van der Waals surface area contributed by atoms with Crippen molar-refractivity contribution in [2.24, 2.45) is 0 Å². The number of esters is 1. The molecule has 0 unspecified atom stereocenters. The number of nitrogens with one attached hydrogen (secondary N) is 1. The van der Waals surface area contributed by atoms with E-state index in [4.69, 9.17) is 16.3 Å². The Hall–Kier alpha value is -2.75. The van der Waals surface area contributed by atoms with Crippen molar-refractivity contribution in [2.75, 3.05) is 19.0 Å². The topological polar surface area (TPSA) is 88.6 Å². The van der Waals surface area contributed by atoms with Gasteiger partial charge in [0.05, 0.1) is 25.6 Å². The van der Waals surface area contributed by atoms with Crippen LogP contribution in [-0.4, -0.2) is 41.3 Å². The molecule has 7 nitrogen and oxygen atoms in total. The van der Waals surface area contributed by atoms with Gasteiger partial charge >= 0.3 is 5.97 Å². The Morgan fingerprint density at radius 3 is 2.58 bits per heavy atom. The van der Waals surface area contributed by atoms with E-state index in [0.29, 0.717) is 15.8 Å². The molecule has 0 saturated heterocycles. The smallest absolute Gasteiger partial charge is 0.325 e. The van der Waals surface area contributed by atoms with E-state index in [-0.39, 0.29) is 37.7 Å². The third-order valence-corrected chi connectivity index (χ3v) is 6.17. The fourth-order valence-electron chi connectivity index (χ4n) is 2.71. The van der Waals surface area contributed by atoms with Crippen molar-refractivity contribution >= 4 is 57.2 Å². The van der Waals surface area contributed by atoms with Gasteiger partial charge in [-0.2, -0.15) is 0 Å². The van der Waals surface area contributed by atoms with E-state index in [9.17, 15) is 14.4 Å². The van der Waals surface area contributed by atoms with E-state index < -0.39 is 5.97 Å². The zero-order valence-electron chi connectivity index (χ0n) is 16.7. The maximum Gasteiger partial charge on any atom is 0.325 e. The van der Waals surface area contributed by atoms with Gasteiger partial charge in [0.2, 0.25) is 11.8 Å². The molecule has 10 heteroatoms. The molecular formula is C21H20ClN3O4S2. The first-order valence-corrected chi connectivity index (χ1v) is 11.4. The predicted molar refractivity (Wildman–Crippen MR) is 121 cm³/mol. The standard InChI is InChI=1S/C21H20ClN3O4S2/c1-29-20(28)12-25(11-14-4-6-15(22)7-5-14)19(27)9-16-13-31-21(23-16)24-18(26)10-17-3-2-8-30-17/h2-8,13H,9-12H2,1H3,(H,23,24,26). The van der Waals surface area contributed by atoms with Gasteiger partial charge in [-0.3, -0.25) is 14.4 Å². The first-order valence-electron chi connectivity index (χ1n) is 9.28. The maximum absolute atomic E-state index is 12.8. The second-order valence-electron chi connectivity index (χ2n) is 6.58. The van der Waals surface area contributed by atoms with E-state index in [1.807, 2.05) is 17.5 Å². The molecule has 0 radical (unpaired) electrons. The second-order valence-corrected chi connectivity index (χ2v) is 8.90. The molecule has 3 aromatic rings. The number of thiophene rings is 1. The number of carbonyl (C=O) groups excluding carboxylic acids is 3. The van der Waals surface area contributed by atoms with Crippen molar-refractivity contribution in [1.82, 2.24) is 9.88 Å². The van der Waals surface area contributed by atoms with Crippen LogP contribution in [0.5, 0.6) is 0 Å². The van der Waals surface area contributed by atoms with Crippen LogP contribution in [0.2, 0.25) is 5.02 Å². The number of benzene rings is 1. The third-order valence-electron chi connectivity index (χ3n) is 4.23. The Morgan fingerprint density at radius 2 is 1.90 bits per heavy atom. The lowest BCUT2D eigenvalue weighted by atomic mass is 10.2. The molecule has 0 bridgehead atoms. The number of amides is 2. The Balaban J connectivity index is 1.61. The largest absolute Gasteiger partial charge is 0.468 e. The van der Waals surface area contributed by atoms with E-state index in [2.05, 4.69) is 10.3 Å². The van der Waals surface area contributed by atoms with Gasteiger partial charge in [0.15, 0.2) is 5.13 Å². The van der Waals surface area contributed by atoms with Crippen molar-refractivity contribution in [2.45, 2.75) is 19.4 Å². The Morgan fingerprint density at radius 1 is 1.13 bits per heavy atom. The molecule has 2 aromatic heterocycles. The number of hydrogen-bond donors (Lipinski definition) is 1. The number of hydrogen-bond acceptors (Lipinski definition) is 7. The fourth-order valence-corrected chi connectivity index (χ4v) is 4.27. The van der Waals surface area contributed by atoms with Gasteiger partial charge in [-0.25, -0.2) is 4.98 Å². The van der Waals surface area contributed by atoms with Gasteiger partial charge in [0.1, 0.15) is 6.54 Å². The summed E-state index contributed by atoms with van der Waals surface area (Å²) in [7, 11) is 1.28. The molecule has 3 rings (SSSR count). The highest BCUT2D eigenvalue weighted by atomic mass is 35.5. The highest BCUT2D eigenvalue weighted by molar-refractivity contribution is 7.14. The minimum Gasteiger partial charge on any atom is -0.468 e. The third kappa shape index (κ3) is 7.16. The number of rotatable bonds is 9. The van der Waals surface area contributed by atoms with Gasteiger partial charge < -0.3 is 15.0 Å². The summed E-state index contributed by atoms with van der Waals surface area (Å²) >= 11 is 8.68. The van der Waals surface area contributed by atoms with Gasteiger partial charge in [-0.15, -0.1) is 22.7 Å². The van der Waals surface area contributed by atoms with Crippen molar-refractivity contribution in [1.29, 1.82) is 0 Å². The molecule has 0 aliphatic carbocycles. The van der Waals surface area contributed by atoms with Crippen LogP contribution >= 0.6 is 34.3 Å². The SMILES string of the molecule is COC(=O)CN(Cc1ccc(Cl)cc1)C(=O)Cc1csc(NC(=O)Cc2cccs2)n1. The number of thiazole rings is 1. The summed E-state index contributed by atoms with van der Waals surface area (Å²) in [5.41, 5.74) is 1.36. The molecule has 0 spiro atoms. The van der Waals surface area contributed by atoms with Gasteiger partial charge in [-0.05, 0) is 29.1 Å². The van der Waals surface area contributed by atoms with Crippen LogP contribution < -0.4 is 5.32 Å². The number of anilines is 1. The van der Waals surface area contributed by atoms with E-state index >= 15 is 0 Å². The lowest BCUT2D eigenvalue weighted by Gasteiger charge is -2.21. The number of aromatic nitrogens is 1. The van der Waals surface area contributed by atoms with Crippen molar-refractivity contribution in [3.63, 3.8) is 0 Å². The molecule has 2 amide bonds. The van der Waals surface area contributed by atoms with Gasteiger partial charge in [-0.1, -0.05) is 29.8 Å². The van der Waals surface area contributed by atoms with Crippen LogP contribution in [0, 0.1) is 0 Å². The Kier molecular flexibility index (Phi) is 8.16. The predicted octanol–water partition coefficient (Wildman–Crippen LogP) is 3.78. The quantitative estimate of drug-likeness (QED) is 0.474. The average Bonchev–Trinajstić information content (AvgIpc) is 3.41. The molecule has 1 aromatic carbocycles. The average molecular weight is 478 g/mol. The van der Waals surface area contributed by atoms with Crippen molar-refractivity contribution in [3.05, 3.63) is 68.3 Å². The molecule has 0 fully saturated rings. The van der Waals surface area contributed by atoms with Crippen LogP contribution in [0.4, 0.5) is 5.13 Å².